The highest BCUT2D eigenvalue weighted by Crippen LogP contribution is 2.29. The number of likely N-dealkylation sites (tertiary alicyclic amines) is 1. The number of carboxylic acid groups (broad SMARTS) is 1. The van der Waals surface area contributed by atoms with E-state index in [4.69, 9.17) is 0 Å². The van der Waals surface area contributed by atoms with E-state index in [2.05, 4.69) is 10.3 Å². The number of nitrogens with one attached hydrogen (secondary N) is 1. The van der Waals surface area contributed by atoms with Crippen LogP contribution >= 0.6 is 0 Å². The molecule has 0 aromatic carbocycles. The Morgan fingerprint density at radius 3 is 2.80 bits per heavy atom. The summed E-state index contributed by atoms with van der Waals surface area (Å²) in [6.07, 6.45) is 5.34. The van der Waals surface area contributed by atoms with Crippen molar-refractivity contribution < 1.29 is 14.7 Å². The molecule has 20 heavy (non-hydrogen) atoms. The van der Waals surface area contributed by atoms with Crippen LogP contribution in [-0.2, 0) is 11.2 Å². The molecule has 1 aliphatic rings. The molecule has 108 valence electrons. The molecule has 0 spiro atoms. The van der Waals surface area contributed by atoms with Crippen LogP contribution in [-0.4, -0.2) is 45.6 Å². The Balaban J connectivity index is 1.87. The van der Waals surface area contributed by atoms with E-state index < -0.39 is 11.5 Å². The Kier molecular flexibility index (Phi) is 4.22. The fraction of sp³-hybridized carbons (Fsp3) is 0.500. The van der Waals surface area contributed by atoms with Gasteiger partial charge in [0.15, 0.2) is 0 Å². The summed E-state index contributed by atoms with van der Waals surface area (Å²) in [6, 6.07) is 3.48. The summed E-state index contributed by atoms with van der Waals surface area (Å²) in [5.74, 6) is -0.945. The standard InChI is InChI=1S/C14H19N3O3/c1-14(12(18)19)6-2-10-17(14)13(20)16-9-5-11-3-7-15-8-4-11/h3-4,7-8H,2,5-6,9-10H2,1H3,(H,16,20)(H,18,19). The molecule has 2 N–H and O–H groups in total. The van der Waals surface area contributed by atoms with E-state index >= 15 is 0 Å². The zero-order chi connectivity index (χ0) is 14.6. The molecule has 0 saturated carbocycles. The van der Waals surface area contributed by atoms with Crippen LogP contribution in [0.5, 0.6) is 0 Å². The molecule has 1 saturated heterocycles. The van der Waals surface area contributed by atoms with Crippen LogP contribution in [0.1, 0.15) is 25.3 Å². The van der Waals surface area contributed by atoms with Gasteiger partial charge in [0.25, 0.3) is 0 Å². The minimum atomic E-state index is -1.08. The second-order valence-corrected chi connectivity index (χ2v) is 5.17. The van der Waals surface area contributed by atoms with Gasteiger partial charge < -0.3 is 15.3 Å². The van der Waals surface area contributed by atoms with E-state index in [-0.39, 0.29) is 6.03 Å². The Hall–Kier alpha value is -2.11. The number of carboxylic acids is 1. The molecular weight excluding hydrogens is 258 g/mol. The van der Waals surface area contributed by atoms with Crippen molar-refractivity contribution in [2.45, 2.75) is 31.7 Å². The molecule has 2 amide bonds. The number of nitrogens with zero attached hydrogens (tertiary/aromatic N) is 2. The molecule has 1 aromatic rings. The Bertz CT molecular complexity index is 492. The summed E-state index contributed by atoms with van der Waals surface area (Å²) >= 11 is 0. The molecule has 2 rings (SSSR count). The largest absolute Gasteiger partial charge is 0.480 e. The van der Waals surface area contributed by atoms with Crippen molar-refractivity contribution in [2.75, 3.05) is 13.1 Å². The third-order valence-corrected chi connectivity index (χ3v) is 3.79. The number of amides is 2. The molecule has 1 aromatic heterocycles. The van der Waals surface area contributed by atoms with Gasteiger partial charge >= 0.3 is 12.0 Å². The summed E-state index contributed by atoms with van der Waals surface area (Å²) in [5, 5.41) is 12.1. The van der Waals surface area contributed by atoms with Crippen LogP contribution in [0.25, 0.3) is 0 Å². The van der Waals surface area contributed by atoms with Crippen molar-refractivity contribution >= 4 is 12.0 Å². The van der Waals surface area contributed by atoms with Gasteiger partial charge in [0.2, 0.25) is 0 Å². The molecule has 1 atom stereocenters. The topological polar surface area (TPSA) is 82.5 Å². The number of carbonyl (C=O) groups is 2. The predicted molar refractivity (Wildman–Crippen MR) is 73.3 cm³/mol. The quantitative estimate of drug-likeness (QED) is 0.868. The lowest BCUT2D eigenvalue weighted by molar-refractivity contribution is -0.147. The fourth-order valence-electron chi connectivity index (χ4n) is 2.47. The summed E-state index contributed by atoms with van der Waals surface area (Å²) in [7, 11) is 0. The Labute approximate surface area is 117 Å². The number of rotatable bonds is 4. The van der Waals surface area contributed by atoms with E-state index in [9.17, 15) is 14.7 Å². The number of urea groups is 1. The van der Waals surface area contributed by atoms with E-state index in [1.165, 1.54) is 4.90 Å². The van der Waals surface area contributed by atoms with Gasteiger partial charge in [0, 0.05) is 25.5 Å². The number of pyridine rings is 1. The van der Waals surface area contributed by atoms with Crippen molar-refractivity contribution in [2.24, 2.45) is 0 Å². The lowest BCUT2D eigenvalue weighted by Gasteiger charge is -2.31. The average Bonchev–Trinajstić information content (AvgIpc) is 2.83. The number of carbonyl (C=O) groups excluding carboxylic acids is 1. The molecule has 0 radical (unpaired) electrons. The molecular formula is C14H19N3O3. The minimum absolute atomic E-state index is 0.304. The lowest BCUT2D eigenvalue weighted by atomic mass is 10.00. The number of aromatic nitrogens is 1. The van der Waals surface area contributed by atoms with Gasteiger partial charge in [-0.2, -0.15) is 0 Å². The molecule has 0 aliphatic carbocycles. The van der Waals surface area contributed by atoms with Gasteiger partial charge in [-0.25, -0.2) is 9.59 Å². The van der Waals surface area contributed by atoms with Gasteiger partial charge in [0.1, 0.15) is 5.54 Å². The van der Waals surface area contributed by atoms with E-state index in [0.29, 0.717) is 25.9 Å². The molecule has 0 bridgehead atoms. The van der Waals surface area contributed by atoms with Crippen molar-refractivity contribution in [3.8, 4) is 0 Å². The second-order valence-electron chi connectivity index (χ2n) is 5.17. The van der Waals surface area contributed by atoms with Crippen molar-refractivity contribution in [3.63, 3.8) is 0 Å². The Morgan fingerprint density at radius 1 is 1.45 bits per heavy atom. The Morgan fingerprint density at radius 2 is 2.15 bits per heavy atom. The van der Waals surface area contributed by atoms with Gasteiger partial charge in [-0.3, -0.25) is 4.98 Å². The summed E-state index contributed by atoms with van der Waals surface area (Å²) < 4.78 is 0. The monoisotopic (exact) mass is 277 g/mol. The third-order valence-electron chi connectivity index (χ3n) is 3.79. The van der Waals surface area contributed by atoms with E-state index in [1.54, 1.807) is 19.3 Å². The summed E-state index contributed by atoms with van der Waals surface area (Å²) in [6.45, 7) is 2.57. The molecule has 1 unspecified atom stereocenters. The highest BCUT2D eigenvalue weighted by molar-refractivity contribution is 5.86. The van der Waals surface area contributed by atoms with Crippen molar-refractivity contribution in [1.82, 2.24) is 15.2 Å². The molecule has 1 aliphatic heterocycles. The summed E-state index contributed by atoms with van der Waals surface area (Å²) in [4.78, 5) is 28.7. The van der Waals surface area contributed by atoms with Gasteiger partial charge in [-0.1, -0.05) is 0 Å². The van der Waals surface area contributed by atoms with Crippen LogP contribution < -0.4 is 5.32 Å². The van der Waals surface area contributed by atoms with Crippen LogP contribution in [0.15, 0.2) is 24.5 Å². The van der Waals surface area contributed by atoms with Gasteiger partial charge in [-0.15, -0.1) is 0 Å². The molecule has 6 heteroatoms. The molecule has 2 heterocycles. The maximum absolute atomic E-state index is 12.1. The van der Waals surface area contributed by atoms with Crippen molar-refractivity contribution in [1.29, 1.82) is 0 Å². The van der Waals surface area contributed by atoms with Crippen LogP contribution in [0.4, 0.5) is 4.79 Å². The van der Waals surface area contributed by atoms with Crippen LogP contribution in [0.2, 0.25) is 0 Å². The smallest absolute Gasteiger partial charge is 0.329 e. The minimum Gasteiger partial charge on any atom is -0.480 e. The number of aliphatic carboxylic acids is 1. The zero-order valence-electron chi connectivity index (χ0n) is 11.5. The first-order chi connectivity index (χ1) is 9.54. The van der Waals surface area contributed by atoms with Gasteiger partial charge in [-0.05, 0) is 43.9 Å². The van der Waals surface area contributed by atoms with Gasteiger partial charge in [0.05, 0.1) is 0 Å². The lowest BCUT2D eigenvalue weighted by Crippen LogP contribution is -2.54. The molecule has 1 fully saturated rings. The van der Waals surface area contributed by atoms with Crippen LogP contribution in [0.3, 0.4) is 0 Å². The number of hydrogen-bond donors (Lipinski definition) is 2. The maximum Gasteiger partial charge on any atom is 0.329 e. The normalized spacial score (nSPS) is 21.8. The van der Waals surface area contributed by atoms with Crippen molar-refractivity contribution in [3.05, 3.63) is 30.1 Å². The predicted octanol–water partition coefficient (Wildman–Crippen LogP) is 1.27. The van der Waals surface area contributed by atoms with E-state index in [0.717, 1.165) is 12.0 Å². The van der Waals surface area contributed by atoms with E-state index in [1.807, 2.05) is 12.1 Å². The van der Waals surface area contributed by atoms with Crippen LogP contribution in [0, 0.1) is 0 Å². The molecule has 6 nitrogen and oxygen atoms in total. The third kappa shape index (κ3) is 2.89. The SMILES string of the molecule is CC1(C(=O)O)CCCN1C(=O)NCCc1ccncc1. The highest BCUT2D eigenvalue weighted by atomic mass is 16.4. The zero-order valence-corrected chi connectivity index (χ0v) is 11.5. The number of hydrogen-bond acceptors (Lipinski definition) is 3. The first-order valence-electron chi connectivity index (χ1n) is 6.72. The first kappa shape index (κ1) is 14.3. The first-order valence-corrected chi connectivity index (χ1v) is 6.72. The highest BCUT2D eigenvalue weighted by Gasteiger charge is 2.45. The average molecular weight is 277 g/mol. The second kappa shape index (κ2) is 5.90. The summed E-state index contributed by atoms with van der Waals surface area (Å²) in [5.41, 5.74) is 0.00326. The fourth-order valence-corrected chi connectivity index (χ4v) is 2.47. The maximum atomic E-state index is 12.1.